The van der Waals surface area contributed by atoms with Crippen molar-refractivity contribution in [3.8, 4) is 0 Å². The third-order valence-corrected chi connectivity index (χ3v) is 9.94. The number of halogens is 2. The summed E-state index contributed by atoms with van der Waals surface area (Å²) in [5.74, 6) is -1.18. The van der Waals surface area contributed by atoms with Crippen molar-refractivity contribution in [1.82, 2.24) is 15.1 Å². The molecule has 3 rings (SSSR count). The molecule has 2 saturated heterocycles. The van der Waals surface area contributed by atoms with Crippen LogP contribution >= 0.6 is 35.0 Å². The maximum atomic E-state index is 13.9. The highest BCUT2D eigenvalue weighted by Crippen LogP contribution is 2.36. The summed E-state index contributed by atoms with van der Waals surface area (Å²) in [6, 6.07) is 4.38. The monoisotopic (exact) mass is 628 g/mol. The first-order valence-corrected chi connectivity index (χ1v) is 15.3. The molecule has 4 amide bonds. The number of nitrogens with zero attached hydrogens (tertiary/aromatic N) is 2. The van der Waals surface area contributed by atoms with E-state index in [1.807, 2.05) is 20.8 Å². The van der Waals surface area contributed by atoms with Crippen LogP contribution in [-0.4, -0.2) is 76.6 Å². The van der Waals surface area contributed by atoms with Crippen molar-refractivity contribution in [2.75, 3.05) is 31.6 Å². The molecule has 9 nitrogen and oxygen atoms in total. The summed E-state index contributed by atoms with van der Waals surface area (Å²) < 4.78 is 11.6. The van der Waals surface area contributed by atoms with Crippen molar-refractivity contribution in [2.24, 2.45) is 5.41 Å². The molecule has 2 unspecified atom stereocenters. The number of urea groups is 1. The number of piperazine rings is 1. The van der Waals surface area contributed by atoms with Crippen LogP contribution in [0.4, 0.5) is 10.5 Å². The fraction of sp³-hybridized carbons (Fsp3) is 0.621. The lowest BCUT2D eigenvalue weighted by Crippen LogP contribution is -2.65. The van der Waals surface area contributed by atoms with Gasteiger partial charge in [0.1, 0.15) is 11.6 Å². The number of benzene rings is 1. The summed E-state index contributed by atoms with van der Waals surface area (Å²) in [6.07, 6.45) is -0.230. The highest BCUT2D eigenvalue weighted by Gasteiger charge is 2.46. The number of carbonyl (C=O) groups excluding carboxylic acids is 3. The molecule has 0 aliphatic carbocycles. The minimum atomic E-state index is -1.10. The molecule has 2 N–H and O–H groups in total. The summed E-state index contributed by atoms with van der Waals surface area (Å²) in [5.41, 5.74) is -0.540. The number of rotatable bonds is 7. The lowest BCUT2D eigenvalue weighted by atomic mass is 9.93. The van der Waals surface area contributed by atoms with Crippen molar-refractivity contribution in [1.29, 1.82) is 0 Å². The average Bonchev–Trinajstić information content (AvgIpc) is 3.21. The molecule has 2 atom stereocenters. The van der Waals surface area contributed by atoms with Gasteiger partial charge in [-0.1, -0.05) is 57.0 Å². The normalized spacial score (nSPS) is 21.8. The van der Waals surface area contributed by atoms with Crippen LogP contribution in [0.15, 0.2) is 28.8 Å². The Labute approximate surface area is 257 Å². The fourth-order valence-corrected chi connectivity index (χ4v) is 5.92. The van der Waals surface area contributed by atoms with E-state index >= 15 is 0 Å². The minimum Gasteiger partial charge on any atom is -0.348 e. The van der Waals surface area contributed by atoms with Crippen molar-refractivity contribution in [3.05, 3.63) is 38.8 Å². The zero-order valence-electron chi connectivity index (χ0n) is 25.3. The van der Waals surface area contributed by atoms with Gasteiger partial charge in [-0.05, 0) is 52.2 Å². The molecule has 12 heteroatoms. The number of hydrogen-bond donors (Lipinski definition) is 2. The molecule has 0 radical (unpaired) electrons. The van der Waals surface area contributed by atoms with E-state index in [1.165, 1.54) is 11.8 Å². The molecule has 2 aliphatic heterocycles. The first kappa shape index (κ1) is 33.5. The summed E-state index contributed by atoms with van der Waals surface area (Å²) in [6.45, 7) is 18.7. The first-order valence-electron chi connectivity index (χ1n) is 13.7. The van der Waals surface area contributed by atoms with Crippen molar-refractivity contribution in [2.45, 2.75) is 85.0 Å². The molecule has 41 heavy (non-hydrogen) atoms. The highest BCUT2D eigenvalue weighted by atomic mass is 35.5. The number of anilines is 1. The molecule has 0 saturated carbocycles. The van der Waals surface area contributed by atoms with E-state index in [4.69, 9.17) is 32.7 Å². The van der Waals surface area contributed by atoms with Gasteiger partial charge in [-0.25, -0.2) is 4.79 Å². The molecule has 1 aromatic rings. The predicted octanol–water partition coefficient (Wildman–Crippen LogP) is 6.12. The number of nitrogens with one attached hydrogen (secondary N) is 2. The van der Waals surface area contributed by atoms with Crippen LogP contribution in [0.1, 0.15) is 62.3 Å². The molecule has 0 bridgehead atoms. The quantitative estimate of drug-likeness (QED) is 0.353. The van der Waals surface area contributed by atoms with Crippen LogP contribution in [0.5, 0.6) is 0 Å². The Kier molecular flexibility index (Phi) is 10.4. The Morgan fingerprint density at radius 2 is 1.83 bits per heavy atom. The predicted molar refractivity (Wildman–Crippen MR) is 165 cm³/mol. The summed E-state index contributed by atoms with van der Waals surface area (Å²) in [7, 11) is 0. The maximum Gasteiger partial charge on any atom is 0.324 e. The Hall–Kier alpha value is -1.98. The van der Waals surface area contributed by atoms with Crippen LogP contribution < -0.4 is 10.6 Å². The van der Waals surface area contributed by atoms with Crippen LogP contribution in [0.25, 0.3) is 0 Å². The molecule has 0 aromatic heterocycles. The van der Waals surface area contributed by atoms with Gasteiger partial charge in [0.25, 0.3) is 5.91 Å². The number of thioether (sulfide) groups is 1. The van der Waals surface area contributed by atoms with E-state index in [0.717, 1.165) is 0 Å². The van der Waals surface area contributed by atoms with Gasteiger partial charge >= 0.3 is 6.03 Å². The van der Waals surface area contributed by atoms with Gasteiger partial charge in [-0.3, -0.25) is 9.59 Å². The number of ether oxygens (including phenoxy) is 2. The van der Waals surface area contributed by atoms with Crippen LogP contribution in [0.2, 0.25) is 10.0 Å². The van der Waals surface area contributed by atoms with Gasteiger partial charge in [-0.2, -0.15) is 0 Å². The van der Waals surface area contributed by atoms with E-state index in [9.17, 15) is 14.4 Å². The van der Waals surface area contributed by atoms with E-state index in [1.54, 1.807) is 48.8 Å². The molecule has 2 fully saturated rings. The number of carbonyl (C=O) groups is 3. The molecular formula is C29H42Cl2N4O5S. The SMILES string of the molecule is C/C(C(=O)N1CCN(CC2COC(C)(C)O2)C(=O)C1(C)C)=C(/NC(=O)Nc1cccc(Cl)c1Cl)SC(C)C(C)(C)C. The average molecular weight is 630 g/mol. The largest absolute Gasteiger partial charge is 0.348 e. The standard InChI is InChI=1S/C29H42Cl2N4O5S/c1-17(23(41-18(2)27(3,4)5)33-26(38)32-21-12-10-11-20(30)22(21)31)24(36)35-14-13-34(25(37)28(35,6)7)15-19-16-39-29(8,9)40-19/h10-12,18-19H,13-16H2,1-9H3,(H2,32,33,38)/b23-17+. The zero-order valence-corrected chi connectivity index (χ0v) is 27.6. The summed E-state index contributed by atoms with van der Waals surface area (Å²) in [4.78, 5) is 43.9. The zero-order chi connectivity index (χ0) is 30.9. The third-order valence-electron chi connectivity index (χ3n) is 7.42. The van der Waals surface area contributed by atoms with Crippen LogP contribution in [-0.2, 0) is 19.1 Å². The maximum absolute atomic E-state index is 13.9. The molecular weight excluding hydrogens is 587 g/mol. The third kappa shape index (κ3) is 8.10. The molecule has 2 heterocycles. The second-order valence-corrected chi connectivity index (χ2v) is 14.6. The summed E-state index contributed by atoms with van der Waals surface area (Å²) in [5, 5.41) is 6.54. The minimum absolute atomic E-state index is 0.0414. The van der Waals surface area contributed by atoms with Gasteiger partial charge in [0.15, 0.2) is 5.79 Å². The lowest BCUT2D eigenvalue weighted by molar-refractivity contribution is -0.161. The second-order valence-electron chi connectivity index (χ2n) is 12.5. The van der Waals surface area contributed by atoms with Gasteiger partial charge < -0.3 is 29.9 Å². The van der Waals surface area contributed by atoms with Crippen molar-refractivity contribution >= 4 is 58.5 Å². The van der Waals surface area contributed by atoms with Crippen LogP contribution in [0.3, 0.4) is 0 Å². The Balaban J connectivity index is 1.83. The highest BCUT2D eigenvalue weighted by molar-refractivity contribution is 8.03. The number of hydrogen-bond acceptors (Lipinski definition) is 6. The molecule has 0 spiro atoms. The van der Waals surface area contributed by atoms with Gasteiger partial charge in [0.05, 0.1) is 27.4 Å². The number of amides is 4. The lowest BCUT2D eigenvalue weighted by Gasteiger charge is -2.46. The topological polar surface area (TPSA) is 100 Å². The van der Waals surface area contributed by atoms with Gasteiger partial charge in [0.2, 0.25) is 5.91 Å². The van der Waals surface area contributed by atoms with Crippen LogP contribution in [0, 0.1) is 5.41 Å². The van der Waals surface area contributed by atoms with Crippen molar-refractivity contribution in [3.63, 3.8) is 0 Å². The van der Waals surface area contributed by atoms with Crippen molar-refractivity contribution < 1.29 is 23.9 Å². The summed E-state index contributed by atoms with van der Waals surface area (Å²) >= 11 is 13.7. The molecule has 2 aliphatic rings. The van der Waals surface area contributed by atoms with E-state index in [0.29, 0.717) is 47.6 Å². The van der Waals surface area contributed by atoms with E-state index in [2.05, 4.69) is 31.4 Å². The smallest absolute Gasteiger partial charge is 0.324 e. The second kappa shape index (κ2) is 12.7. The molecule has 1 aromatic carbocycles. The van der Waals surface area contributed by atoms with E-state index < -0.39 is 17.4 Å². The Morgan fingerprint density at radius 1 is 1.17 bits per heavy atom. The first-order chi connectivity index (χ1) is 18.8. The molecule has 228 valence electrons. The van der Waals surface area contributed by atoms with Gasteiger partial charge in [-0.15, -0.1) is 11.8 Å². The Bertz CT molecular complexity index is 1210. The Morgan fingerprint density at radius 3 is 2.41 bits per heavy atom. The van der Waals surface area contributed by atoms with Gasteiger partial charge in [0, 0.05) is 30.5 Å². The van der Waals surface area contributed by atoms with E-state index in [-0.39, 0.29) is 33.6 Å². The fourth-order valence-electron chi connectivity index (χ4n) is 4.45.